The van der Waals surface area contributed by atoms with Crippen molar-refractivity contribution in [2.24, 2.45) is 11.8 Å². The molecule has 2 aliphatic rings. The Morgan fingerprint density at radius 1 is 1.09 bits per heavy atom. The summed E-state index contributed by atoms with van der Waals surface area (Å²) in [7, 11) is 1.66. The monoisotopic (exact) mass is 327 g/mol. The third-order valence-electron chi connectivity index (χ3n) is 4.59. The SMILES string of the molecule is CO[C@H]1CCC[C@H]1OC(=O)C1CCN(C(=O)OCC(C)C)CC1. The average Bonchev–Trinajstić information content (AvgIpc) is 2.99. The number of carbonyl (C=O) groups is 2. The first kappa shape index (κ1) is 18.0. The van der Waals surface area contributed by atoms with Crippen LogP contribution in [0.15, 0.2) is 0 Å². The summed E-state index contributed by atoms with van der Waals surface area (Å²) in [6, 6.07) is 0. The lowest BCUT2D eigenvalue weighted by atomic mass is 9.97. The molecule has 23 heavy (non-hydrogen) atoms. The van der Waals surface area contributed by atoms with Crippen LogP contribution >= 0.6 is 0 Å². The molecule has 2 fully saturated rings. The molecule has 0 aromatic rings. The molecule has 1 aliphatic carbocycles. The van der Waals surface area contributed by atoms with Crippen LogP contribution < -0.4 is 0 Å². The molecule has 0 bridgehead atoms. The fourth-order valence-electron chi connectivity index (χ4n) is 3.17. The highest BCUT2D eigenvalue weighted by molar-refractivity contribution is 5.73. The molecule has 1 heterocycles. The van der Waals surface area contributed by atoms with Gasteiger partial charge in [0.15, 0.2) is 0 Å². The number of rotatable bonds is 5. The number of hydrogen-bond donors (Lipinski definition) is 0. The molecule has 1 aliphatic heterocycles. The van der Waals surface area contributed by atoms with Gasteiger partial charge in [0.25, 0.3) is 0 Å². The van der Waals surface area contributed by atoms with Gasteiger partial charge in [-0.2, -0.15) is 0 Å². The summed E-state index contributed by atoms with van der Waals surface area (Å²) >= 11 is 0. The van der Waals surface area contributed by atoms with Gasteiger partial charge in [0.05, 0.1) is 18.6 Å². The smallest absolute Gasteiger partial charge is 0.409 e. The lowest BCUT2D eigenvalue weighted by molar-refractivity contribution is -0.160. The van der Waals surface area contributed by atoms with Crippen molar-refractivity contribution in [3.63, 3.8) is 0 Å². The maximum atomic E-state index is 12.3. The van der Waals surface area contributed by atoms with Crippen LogP contribution in [0.3, 0.4) is 0 Å². The first-order valence-corrected chi connectivity index (χ1v) is 8.66. The van der Waals surface area contributed by atoms with Crippen molar-refractivity contribution in [2.45, 2.75) is 58.2 Å². The summed E-state index contributed by atoms with van der Waals surface area (Å²) in [6.45, 7) is 5.54. The molecule has 1 saturated carbocycles. The number of carbonyl (C=O) groups excluding carboxylic acids is 2. The molecule has 0 spiro atoms. The molecule has 0 N–H and O–H groups in total. The summed E-state index contributed by atoms with van der Waals surface area (Å²) in [5.41, 5.74) is 0. The Bertz CT molecular complexity index is 404. The van der Waals surface area contributed by atoms with Gasteiger partial charge in [0.1, 0.15) is 6.10 Å². The summed E-state index contributed by atoms with van der Waals surface area (Å²) in [6.07, 6.45) is 3.79. The Hall–Kier alpha value is -1.30. The zero-order valence-electron chi connectivity index (χ0n) is 14.5. The van der Waals surface area contributed by atoms with E-state index in [9.17, 15) is 9.59 Å². The second kappa shape index (κ2) is 8.52. The van der Waals surface area contributed by atoms with E-state index in [0.29, 0.717) is 38.5 Å². The molecule has 2 rings (SSSR count). The number of nitrogens with zero attached hydrogens (tertiary/aromatic N) is 1. The number of piperidine rings is 1. The Morgan fingerprint density at radius 2 is 1.74 bits per heavy atom. The Labute approximate surface area is 138 Å². The van der Waals surface area contributed by atoms with Crippen molar-refractivity contribution < 1.29 is 23.8 Å². The van der Waals surface area contributed by atoms with Gasteiger partial charge in [0, 0.05) is 20.2 Å². The van der Waals surface area contributed by atoms with E-state index >= 15 is 0 Å². The van der Waals surface area contributed by atoms with E-state index in [2.05, 4.69) is 0 Å². The molecule has 1 saturated heterocycles. The van der Waals surface area contributed by atoms with Crippen LogP contribution in [0.4, 0.5) is 4.79 Å². The van der Waals surface area contributed by atoms with Crippen molar-refractivity contribution in [3.8, 4) is 0 Å². The predicted molar refractivity (Wildman–Crippen MR) is 85.0 cm³/mol. The molecule has 0 radical (unpaired) electrons. The predicted octanol–water partition coefficient (Wildman–Crippen LogP) is 2.60. The van der Waals surface area contributed by atoms with Crippen molar-refractivity contribution in [1.29, 1.82) is 0 Å². The van der Waals surface area contributed by atoms with Gasteiger partial charge >= 0.3 is 12.1 Å². The first-order chi connectivity index (χ1) is 11.0. The van der Waals surface area contributed by atoms with Crippen LogP contribution in [-0.2, 0) is 19.0 Å². The molecular weight excluding hydrogens is 298 g/mol. The minimum atomic E-state index is -0.277. The van der Waals surface area contributed by atoms with Crippen LogP contribution in [0.2, 0.25) is 0 Å². The summed E-state index contributed by atoms with van der Waals surface area (Å²) in [5.74, 6) is 0.0583. The maximum Gasteiger partial charge on any atom is 0.409 e. The fraction of sp³-hybridized carbons (Fsp3) is 0.882. The lowest BCUT2D eigenvalue weighted by Crippen LogP contribution is -2.42. The van der Waals surface area contributed by atoms with Gasteiger partial charge in [0.2, 0.25) is 0 Å². The number of amides is 1. The average molecular weight is 327 g/mol. The topological polar surface area (TPSA) is 65.1 Å². The van der Waals surface area contributed by atoms with Gasteiger partial charge in [-0.3, -0.25) is 4.79 Å². The van der Waals surface area contributed by atoms with Gasteiger partial charge in [-0.15, -0.1) is 0 Å². The zero-order chi connectivity index (χ0) is 16.8. The molecule has 0 aromatic carbocycles. The van der Waals surface area contributed by atoms with Crippen molar-refractivity contribution >= 4 is 12.1 Å². The van der Waals surface area contributed by atoms with Gasteiger partial charge < -0.3 is 19.1 Å². The second-order valence-corrected chi connectivity index (χ2v) is 6.91. The Kier molecular flexibility index (Phi) is 6.69. The third-order valence-corrected chi connectivity index (χ3v) is 4.59. The van der Waals surface area contributed by atoms with E-state index in [4.69, 9.17) is 14.2 Å². The number of ether oxygens (including phenoxy) is 3. The van der Waals surface area contributed by atoms with Gasteiger partial charge in [-0.1, -0.05) is 13.8 Å². The number of likely N-dealkylation sites (tertiary alicyclic amines) is 1. The van der Waals surface area contributed by atoms with Crippen LogP contribution in [-0.4, -0.2) is 56.0 Å². The lowest BCUT2D eigenvalue weighted by Gasteiger charge is -2.31. The van der Waals surface area contributed by atoms with E-state index < -0.39 is 0 Å². The third kappa shape index (κ3) is 5.09. The highest BCUT2D eigenvalue weighted by atomic mass is 16.6. The summed E-state index contributed by atoms with van der Waals surface area (Å²) < 4.78 is 16.2. The quantitative estimate of drug-likeness (QED) is 0.726. The van der Waals surface area contributed by atoms with Crippen LogP contribution in [0, 0.1) is 11.8 Å². The van der Waals surface area contributed by atoms with Crippen LogP contribution in [0.5, 0.6) is 0 Å². The largest absolute Gasteiger partial charge is 0.459 e. The molecule has 6 nitrogen and oxygen atoms in total. The minimum Gasteiger partial charge on any atom is -0.459 e. The van der Waals surface area contributed by atoms with Gasteiger partial charge in [-0.25, -0.2) is 4.79 Å². The number of esters is 1. The highest BCUT2D eigenvalue weighted by Crippen LogP contribution is 2.27. The normalized spacial score (nSPS) is 25.7. The zero-order valence-corrected chi connectivity index (χ0v) is 14.5. The molecule has 0 unspecified atom stereocenters. The maximum absolute atomic E-state index is 12.3. The molecule has 0 aromatic heterocycles. The number of methoxy groups -OCH3 is 1. The Morgan fingerprint density at radius 3 is 2.35 bits per heavy atom. The summed E-state index contributed by atoms with van der Waals surface area (Å²) in [5, 5.41) is 0. The molecule has 2 atom stereocenters. The standard InChI is InChI=1S/C17H29NO5/c1-12(2)11-22-17(20)18-9-7-13(8-10-18)16(19)23-15-6-4-5-14(15)21-3/h12-15H,4-11H2,1-3H3/t14-,15+/m0/s1. The van der Waals surface area contributed by atoms with Crippen molar-refractivity contribution in [1.82, 2.24) is 4.90 Å². The molecule has 132 valence electrons. The number of hydrogen-bond acceptors (Lipinski definition) is 5. The minimum absolute atomic E-state index is 0.0325. The molecule has 6 heteroatoms. The molecule has 1 amide bonds. The van der Waals surface area contributed by atoms with Crippen molar-refractivity contribution in [3.05, 3.63) is 0 Å². The second-order valence-electron chi connectivity index (χ2n) is 6.91. The van der Waals surface area contributed by atoms with Crippen molar-refractivity contribution in [2.75, 3.05) is 26.8 Å². The van der Waals surface area contributed by atoms with E-state index in [-0.39, 0.29) is 30.2 Å². The van der Waals surface area contributed by atoms with Crippen LogP contribution in [0.25, 0.3) is 0 Å². The first-order valence-electron chi connectivity index (χ1n) is 8.66. The fourth-order valence-corrected chi connectivity index (χ4v) is 3.17. The van der Waals surface area contributed by atoms with E-state index in [1.807, 2.05) is 13.8 Å². The molecular formula is C17H29NO5. The van der Waals surface area contributed by atoms with E-state index in [1.165, 1.54) is 0 Å². The van der Waals surface area contributed by atoms with Crippen LogP contribution in [0.1, 0.15) is 46.0 Å². The van der Waals surface area contributed by atoms with E-state index in [0.717, 1.165) is 19.3 Å². The van der Waals surface area contributed by atoms with Gasteiger partial charge in [-0.05, 0) is 38.0 Å². The summed E-state index contributed by atoms with van der Waals surface area (Å²) in [4.78, 5) is 25.9. The van der Waals surface area contributed by atoms with E-state index in [1.54, 1.807) is 12.0 Å². The Balaban J connectivity index is 1.73. The highest BCUT2D eigenvalue weighted by Gasteiger charge is 2.34.